The molecule has 0 saturated carbocycles. The zero-order chi connectivity index (χ0) is 20.1. The Kier molecular flexibility index (Phi) is 6.11. The van der Waals surface area contributed by atoms with Gasteiger partial charge in [0, 0.05) is 17.5 Å². The largest absolute Gasteiger partial charge is 0.497 e. The molecular formula is C25H28N2O2. The van der Waals surface area contributed by atoms with Gasteiger partial charge in [0.1, 0.15) is 11.5 Å². The van der Waals surface area contributed by atoms with E-state index >= 15 is 0 Å². The van der Waals surface area contributed by atoms with Crippen LogP contribution in [0.1, 0.15) is 30.5 Å². The van der Waals surface area contributed by atoms with Crippen LogP contribution in [0.15, 0.2) is 60.2 Å². The van der Waals surface area contributed by atoms with E-state index in [1.54, 1.807) is 7.11 Å². The molecule has 0 radical (unpaired) electrons. The van der Waals surface area contributed by atoms with E-state index in [4.69, 9.17) is 9.47 Å². The maximum absolute atomic E-state index is 6.24. The summed E-state index contributed by atoms with van der Waals surface area (Å²) in [6, 6.07) is 18.6. The molecule has 2 aromatic carbocycles. The van der Waals surface area contributed by atoms with E-state index in [9.17, 15) is 0 Å². The molecule has 0 aliphatic carbocycles. The summed E-state index contributed by atoms with van der Waals surface area (Å²) in [5, 5.41) is 4.52. The predicted octanol–water partition coefficient (Wildman–Crippen LogP) is 5.16. The van der Waals surface area contributed by atoms with Crippen molar-refractivity contribution in [3.63, 3.8) is 0 Å². The first-order valence-electron chi connectivity index (χ1n) is 10.3. The molecule has 1 fully saturated rings. The van der Waals surface area contributed by atoms with Gasteiger partial charge in [-0.05, 0) is 80.4 Å². The summed E-state index contributed by atoms with van der Waals surface area (Å²) >= 11 is 0. The molecule has 0 amide bonds. The number of nitrogens with zero attached hydrogens (tertiary/aromatic N) is 1. The fourth-order valence-corrected chi connectivity index (χ4v) is 3.98. The monoisotopic (exact) mass is 388 g/mol. The Bertz CT molecular complexity index is 1020. The van der Waals surface area contributed by atoms with Crippen molar-refractivity contribution >= 4 is 16.5 Å². The van der Waals surface area contributed by atoms with Crippen molar-refractivity contribution in [2.45, 2.75) is 26.2 Å². The SMILES string of the molecule is COc1cccc(C(CCOc2cccc3nc(C)ccc23)=C2CCNCC2)c1. The molecule has 1 aliphatic heterocycles. The molecule has 1 aromatic heterocycles. The standard InChI is InChI=1S/C25H28N2O2/c1-18-9-10-23-24(27-18)7-4-8-25(23)29-16-13-22(19-11-14-26-15-12-19)20-5-3-6-21(17-20)28-2/h3-10,17,26H,11-16H2,1-2H3. The van der Waals surface area contributed by atoms with Crippen LogP contribution in [-0.4, -0.2) is 31.8 Å². The maximum atomic E-state index is 6.24. The van der Waals surface area contributed by atoms with Gasteiger partial charge >= 0.3 is 0 Å². The lowest BCUT2D eigenvalue weighted by Crippen LogP contribution is -2.24. The van der Waals surface area contributed by atoms with Crippen LogP contribution < -0.4 is 14.8 Å². The van der Waals surface area contributed by atoms with Gasteiger partial charge in [-0.2, -0.15) is 0 Å². The van der Waals surface area contributed by atoms with Crippen LogP contribution in [-0.2, 0) is 0 Å². The summed E-state index contributed by atoms with van der Waals surface area (Å²) in [6.45, 7) is 4.73. The maximum Gasteiger partial charge on any atom is 0.128 e. The van der Waals surface area contributed by atoms with Crippen LogP contribution in [0.5, 0.6) is 11.5 Å². The van der Waals surface area contributed by atoms with E-state index in [1.165, 1.54) is 16.7 Å². The van der Waals surface area contributed by atoms with Crippen molar-refractivity contribution in [2.75, 3.05) is 26.8 Å². The van der Waals surface area contributed by atoms with Crippen LogP contribution in [0.3, 0.4) is 0 Å². The summed E-state index contributed by atoms with van der Waals surface area (Å²) < 4.78 is 11.7. The Balaban J connectivity index is 1.56. The second kappa shape index (κ2) is 9.10. The second-order valence-corrected chi connectivity index (χ2v) is 7.44. The fraction of sp³-hybridized carbons (Fsp3) is 0.320. The molecule has 0 atom stereocenters. The molecule has 3 aromatic rings. The number of aryl methyl sites for hydroxylation is 1. The van der Waals surface area contributed by atoms with Gasteiger partial charge in [0.25, 0.3) is 0 Å². The molecule has 0 unspecified atom stereocenters. The number of hydrogen-bond donors (Lipinski definition) is 1. The number of pyridine rings is 1. The van der Waals surface area contributed by atoms with E-state index in [-0.39, 0.29) is 0 Å². The lowest BCUT2D eigenvalue weighted by atomic mass is 9.91. The Labute approximate surface area is 172 Å². The van der Waals surface area contributed by atoms with Crippen molar-refractivity contribution < 1.29 is 9.47 Å². The van der Waals surface area contributed by atoms with Crippen LogP contribution in [0.25, 0.3) is 16.5 Å². The smallest absolute Gasteiger partial charge is 0.128 e. The van der Waals surface area contributed by atoms with Gasteiger partial charge in [0.2, 0.25) is 0 Å². The zero-order valence-electron chi connectivity index (χ0n) is 17.2. The average molecular weight is 389 g/mol. The summed E-state index contributed by atoms with van der Waals surface area (Å²) in [4.78, 5) is 4.61. The van der Waals surface area contributed by atoms with E-state index in [1.807, 2.05) is 37.3 Å². The minimum Gasteiger partial charge on any atom is -0.497 e. The van der Waals surface area contributed by atoms with Gasteiger partial charge in [-0.1, -0.05) is 23.8 Å². The first-order valence-corrected chi connectivity index (χ1v) is 10.3. The van der Waals surface area contributed by atoms with E-state index < -0.39 is 0 Å². The molecule has 4 nitrogen and oxygen atoms in total. The number of fused-ring (bicyclic) bond motifs is 1. The van der Waals surface area contributed by atoms with Crippen LogP contribution in [0.4, 0.5) is 0 Å². The number of methoxy groups -OCH3 is 1. The third-order valence-electron chi connectivity index (χ3n) is 5.49. The molecule has 2 heterocycles. The molecule has 1 aliphatic rings. The number of hydrogen-bond acceptors (Lipinski definition) is 4. The van der Waals surface area contributed by atoms with Gasteiger partial charge in [-0.25, -0.2) is 0 Å². The summed E-state index contributed by atoms with van der Waals surface area (Å²) in [7, 11) is 1.72. The normalized spacial score (nSPS) is 14.1. The predicted molar refractivity (Wildman–Crippen MR) is 119 cm³/mol. The fourth-order valence-electron chi connectivity index (χ4n) is 3.98. The van der Waals surface area contributed by atoms with E-state index in [2.05, 4.69) is 34.6 Å². The van der Waals surface area contributed by atoms with E-state index in [0.29, 0.717) is 6.61 Å². The third kappa shape index (κ3) is 4.60. The topological polar surface area (TPSA) is 43.4 Å². The van der Waals surface area contributed by atoms with Gasteiger partial charge in [0.15, 0.2) is 0 Å². The minimum atomic E-state index is 0.635. The molecule has 1 N–H and O–H groups in total. The molecule has 0 spiro atoms. The van der Waals surface area contributed by atoms with Crippen molar-refractivity contribution in [2.24, 2.45) is 0 Å². The summed E-state index contributed by atoms with van der Waals surface area (Å²) in [6.07, 6.45) is 3.05. The summed E-state index contributed by atoms with van der Waals surface area (Å²) in [5.74, 6) is 1.79. The Morgan fingerprint density at radius 2 is 1.86 bits per heavy atom. The number of nitrogens with one attached hydrogen (secondary N) is 1. The van der Waals surface area contributed by atoms with Crippen molar-refractivity contribution in [1.82, 2.24) is 10.3 Å². The lowest BCUT2D eigenvalue weighted by Gasteiger charge is -2.21. The van der Waals surface area contributed by atoms with Crippen molar-refractivity contribution in [1.29, 1.82) is 0 Å². The molecule has 29 heavy (non-hydrogen) atoms. The highest BCUT2D eigenvalue weighted by Crippen LogP contribution is 2.31. The van der Waals surface area contributed by atoms with Crippen LogP contribution >= 0.6 is 0 Å². The van der Waals surface area contributed by atoms with Crippen LogP contribution in [0.2, 0.25) is 0 Å². The number of piperidine rings is 1. The van der Waals surface area contributed by atoms with Crippen molar-refractivity contribution in [3.8, 4) is 11.5 Å². The molecule has 4 heteroatoms. The molecular weight excluding hydrogens is 360 g/mol. The number of aromatic nitrogens is 1. The first kappa shape index (κ1) is 19.5. The number of rotatable bonds is 6. The highest BCUT2D eigenvalue weighted by atomic mass is 16.5. The van der Waals surface area contributed by atoms with E-state index in [0.717, 1.165) is 60.4 Å². The van der Waals surface area contributed by atoms with Gasteiger partial charge in [-0.15, -0.1) is 0 Å². The minimum absolute atomic E-state index is 0.635. The average Bonchev–Trinajstić information content (AvgIpc) is 2.77. The highest BCUT2D eigenvalue weighted by molar-refractivity contribution is 5.85. The zero-order valence-corrected chi connectivity index (χ0v) is 17.2. The number of benzene rings is 2. The second-order valence-electron chi connectivity index (χ2n) is 7.44. The Morgan fingerprint density at radius 3 is 2.69 bits per heavy atom. The third-order valence-corrected chi connectivity index (χ3v) is 5.49. The van der Waals surface area contributed by atoms with Gasteiger partial charge < -0.3 is 14.8 Å². The quantitative estimate of drug-likeness (QED) is 0.634. The first-order chi connectivity index (χ1) is 14.2. The molecule has 4 rings (SSSR count). The van der Waals surface area contributed by atoms with Crippen LogP contribution in [0, 0.1) is 6.92 Å². The Morgan fingerprint density at radius 1 is 1.03 bits per heavy atom. The molecule has 1 saturated heterocycles. The summed E-state index contributed by atoms with van der Waals surface area (Å²) in [5.41, 5.74) is 6.15. The van der Waals surface area contributed by atoms with Crippen molar-refractivity contribution in [3.05, 3.63) is 71.4 Å². The number of ether oxygens (including phenoxy) is 2. The lowest BCUT2D eigenvalue weighted by molar-refractivity contribution is 0.330. The molecule has 150 valence electrons. The Hall–Kier alpha value is -2.85. The van der Waals surface area contributed by atoms with Gasteiger partial charge in [-0.3, -0.25) is 4.98 Å². The van der Waals surface area contributed by atoms with Gasteiger partial charge in [0.05, 0.1) is 19.2 Å². The highest BCUT2D eigenvalue weighted by Gasteiger charge is 2.14. The molecule has 0 bridgehead atoms.